The molecule has 10 heteroatoms. The standard InChI is InChI=1S/C16H13NO6S.C2H5NO/c18-11(19)7-6-9-8-24-15-13(23-10-4-2-1-3-5-10)14(20)17(15)12(9)16(21)22;1-2(3)4/h1-7,13,15H,8H2,(H,18,19)(H,21,22);1H3,(H2,3,4)/t13?,15-;/m0./s1. The van der Waals surface area contributed by atoms with E-state index in [9.17, 15) is 24.3 Å². The molecule has 1 unspecified atom stereocenters. The number of carbonyl (C=O) groups excluding carboxylic acids is 2. The zero-order chi connectivity index (χ0) is 20.8. The summed E-state index contributed by atoms with van der Waals surface area (Å²) in [7, 11) is 0. The highest BCUT2D eigenvalue weighted by molar-refractivity contribution is 8.00. The van der Waals surface area contributed by atoms with Gasteiger partial charge in [0, 0.05) is 18.8 Å². The predicted octanol–water partition coefficient (Wildman–Crippen LogP) is 0.820. The number of nitrogens with zero attached hydrogens (tertiary/aromatic N) is 1. The first-order chi connectivity index (χ1) is 13.2. The van der Waals surface area contributed by atoms with Gasteiger partial charge in [-0.25, -0.2) is 9.59 Å². The van der Waals surface area contributed by atoms with Gasteiger partial charge in [0.25, 0.3) is 5.91 Å². The fraction of sp³-hybridized carbons (Fsp3) is 0.222. The summed E-state index contributed by atoms with van der Waals surface area (Å²) in [6.07, 6.45) is 1.33. The van der Waals surface area contributed by atoms with E-state index in [1.807, 2.05) is 6.07 Å². The number of carbonyl (C=O) groups is 4. The number of aliphatic carboxylic acids is 2. The molecule has 4 N–H and O–H groups in total. The van der Waals surface area contributed by atoms with Crippen LogP contribution in [0.15, 0.2) is 53.8 Å². The number of hydrogen-bond donors (Lipinski definition) is 3. The van der Waals surface area contributed by atoms with Crippen LogP contribution in [0.3, 0.4) is 0 Å². The second kappa shape index (κ2) is 9.09. The lowest BCUT2D eigenvalue weighted by atomic mass is 10.0. The number of carboxylic acids is 2. The summed E-state index contributed by atoms with van der Waals surface area (Å²) in [4.78, 5) is 44.9. The lowest BCUT2D eigenvalue weighted by Gasteiger charge is -2.48. The van der Waals surface area contributed by atoms with Crippen LogP contribution >= 0.6 is 11.8 Å². The van der Waals surface area contributed by atoms with E-state index in [1.54, 1.807) is 24.3 Å². The maximum absolute atomic E-state index is 12.3. The van der Waals surface area contributed by atoms with E-state index in [2.05, 4.69) is 5.73 Å². The average molecular weight is 406 g/mol. The molecule has 28 heavy (non-hydrogen) atoms. The third-order valence-corrected chi connectivity index (χ3v) is 4.86. The lowest BCUT2D eigenvalue weighted by Crippen LogP contribution is -2.66. The van der Waals surface area contributed by atoms with Gasteiger partial charge in [-0.3, -0.25) is 14.5 Å². The Kier molecular flexibility index (Phi) is 6.83. The first kappa shape index (κ1) is 21.0. The zero-order valence-corrected chi connectivity index (χ0v) is 15.6. The van der Waals surface area contributed by atoms with Gasteiger partial charge in [0.1, 0.15) is 16.8 Å². The van der Waals surface area contributed by atoms with Gasteiger partial charge in [-0.1, -0.05) is 18.2 Å². The van der Waals surface area contributed by atoms with Crippen LogP contribution in [-0.2, 0) is 19.2 Å². The zero-order valence-electron chi connectivity index (χ0n) is 14.8. The predicted molar refractivity (Wildman–Crippen MR) is 100 cm³/mol. The summed E-state index contributed by atoms with van der Waals surface area (Å²) in [5, 5.41) is 17.7. The highest BCUT2D eigenvalue weighted by atomic mass is 32.2. The van der Waals surface area contributed by atoms with Gasteiger partial charge in [-0.2, -0.15) is 0 Å². The van der Waals surface area contributed by atoms with Crippen molar-refractivity contribution in [3.05, 3.63) is 53.8 Å². The summed E-state index contributed by atoms with van der Waals surface area (Å²) < 4.78 is 5.65. The van der Waals surface area contributed by atoms with Crippen molar-refractivity contribution in [1.29, 1.82) is 0 Å². The third-order valence-electron chi connectivity index (χ3n) is 3.58. The van der Waals surface area contributed by atoms with E-state index in [-0.39, 0.29) is 22.9 Å². The number of allylic oxidation sites excluding steroid dienone is 1. The lowest BCUT2D eigenvalue weighted by molar-refractivity contribution is -0.157. The van der Waals surface area contributed by atoms with Crippen molar-refractivity contribution in [3.63, 3.8) is 0 Å². The van der Waals surface area contributed by atoms with Crippen LogP contribution in [0, 0.1) is 0 Å². The Labute approximate surface area is 164 Å². The Morgan fingerprint density at radius 1 is 1.25 bits per heavy atom. The minimum atomic E-state index is -1.27. The van der Waals surface area contributed by atoms with Crippen LogP contribution in [0.1, 0.15) is 6.92 Å². The van der Waals surface area contributed by atoms with Gasteiger partial charge in [0.15, 0.2) is 0 Å². The summed E-state index contributed by atoms with van der Waals surface area (Å²) >= 11 is 1.34. The summed E-state index contributed by atoms with van der Waals surface area (Å²) in [6, 6.07) is 8.82. The first-order valence-corrected chi connectivity index (χ1v) is 9.07. The highest BCUT2D eigenvalue weighted by Gasteiger charge is 2.55. The number of rotatable bonds is 5. The largest absolute Gasteiger partial charge is 0.478 e. The Balaban J connectivity index is 0.000000640. The van der Waals surface area contributed by atoms with E-state index >= 15 is 0 Å². The van der Waals surface area contributed by atoms with E-state index in [0.717, 1.165) is 11.0 Å². The number of fused-ring (bicyclic) bond motifs is 1. The molecule has 0 bridgehead atoms. The number of amides is 2. The number of hydrogen-bond acceptors (Lipinski definition) is 6. The summed E-state index contributed by atoms with van der Waals surface area (Å²) in [5.41, 5.74) is 4.58. The molecule has 2 aliphatic rings. The van der Waals surface area contributed by atoms with Crippen molar-refractivity contribution in [2.45, 2.75) is 18.4 Å². The molecule has 1 fully saturated rings. The molecule has 3 rings (SSSR count). The van der Waals surface area contributed by atoms with Crippen molar-refractivity contribution >= 4 is 35.5 Å². The van der Waals surface area contributed by atoms with Crippen LogP contribution < -0.4 is 10.5 Å². The molecule has 1 aromatic rings. The molecular formula is C18H18N2O7S. The molecule has 2 atom stereocenters. The van der Waals surface area contributed by atoms with E-state index < -0.39 is 29.3 Å². The first-order valence-electron chi connectivity index (χ1n) is 8.02. The number of para-hydroxylation sites is 1. The van der Waals surface area contributed by atoms with E-state index in [4.69, 9.17) is 9.84 Å². The van der Waals surface area contributed by atoms with Crippen LogP contribution in [0.2, 0.25) is 0 Å². The van der Waals surface area contributed by atoms with Crippen molar-refractivity contribution in [1.82, 2.24) is 4.90 Å². The molecule has 0 spiro atoms. The molecule has 2 aliphatic heterocycles. The van der Waals surface area contributed by atoms with Crippen LogP contribution in [-0.4, -0.2) is 56.1 Å². The number of benzene rings is 1. The van der Waals surface area contributed by atoms with Gasteiger partial charge < -0.3 is 20.7 Å². The smallest absolute Gasteiger partial charge is 0.352 e. The van der Waals surface area contributed by atoms with Crippen LogP contribution in [0.4, 0.5) is 0 Å². The molecule has 2 amide bonds. The highest BCUT2D eigenvalue weighted by Crippen LogP contribution is 2.42. The van der Waals surface area contributed by atoms with Crippen LogP contribution in [0.25, 0.3) is 0 Å². The Bertz CT molecular complexity index is 847. The summed E-state index contributed by atoms with van der Waals surface area (Å²) in [5.74, 6) is -2.41. The van der Waals surface area contributed by atoms with Crippen LogP contribution in [0.5, 0.6) is 5.75 Å². The molecule has 2 heterocycles. The molecule has 148 valence electrons. The maximum atomic E-state index is 12.3. The Hall–Kier alpha value is -3.27. The molecule has 1 aromatic carbocycles. The average Bonchev–Trinajstić information content (AvgIpc) is 2.63. The normalized spacial score (nSPS) is 20.6. The number of thioether (sulfide) groups is 1. The molecule has 0 aliphatic carbocycles. The fourth-order valence-electron chi connectivity index (χ4n) is 2.53. The topological polar surface area (TPSA) is 147 Å². The number of nitrogens with two attached hydrogens (primary N) is 1. The molecule has 0 aromatic heterocycles. The van der Waals surface area contributed by atoms with E-state index in [1.165, 1.54) is 24.8 Å². The summed E-state index contributed by atoms with van der Waals surface area (Å²) in [6.45, 7) is 1.31. The molecular weight excluding hydrogens is 388 g/mol. The number of β-lactam (4-membered cyclic amide) rings is 1. The molecule has 9 nitrogen and oxygen atoms in total. The van der Waals surface area contributed by atoms with Crippen molar-refractivity contribution in [3.8, 4) is 5.75 Å². The second-order valence-electron chi connectivity index (χ2n) is 5.72. The minimum Gasteiger partial charge on any atom is -0.478 e. The molecule has 1 saturated heterocycles. The Morgan fingerprint density at radius 2 is 1.86 bits per heavy atom. The third kappa shape index (κ3) is 4.92. The SMILES string of the molecule is CC(N)=O.O=C(O)C=CC1=C(C(=O)O)N2C(=O)C(Oc3ccccc3)[C@@H]2SC1. The van der Waals surface area contributed by atoms with E-state index in [0.29, 0.717) is 5.75 Å². The molecule has 0 saturated carbocycles. The quantitative estimate of drug-likeness (QED) is 0.481. The van der Waals surface area contributed by atoms with Crippen molar-refractivity contribution < 1.29 is 34.1 Å². The maximum Gasteiger partial charge on any atom is 0.352 e. The van der Waals surface area contributed by atoms with Gasteiger partial charge in [0.05, 0.1) is 0 Å². The molecule has 0 radical (unpaired) electrons. The van der Waals surface area contributed by atoms with Gasteiger partial charge >= 0.3 is 11.9 Å². The second-order valence-corrected chi connectivity index (χ2v) is 6.83. The van der Waals surface area contributed by atoms with Crippen molar-refractivity contribution in [2.75, 3.05) is 5.75 Å². The van der Waals surface area contributed by atoms with Gasteiger partial charge in [-0.05, 0) is 23.8 Å². The van der Waals surface area contributed by atoms with Gasteiger partial charge in [0.2, 0.25) is 12.0 Å². The number of ether oxygens (including phenoxy) is 1. The monoisotopic (exact) mass is 406 g/mol. The van der Waals surface area contributed by atoms with Gasteiger partial charge in [-0.15, -0.1) is 11.8 Å². The Morgan fingerprint density at radius 3 is 2.39 bits per heavy atom. The number of carboxylic acid groups (broad SMARTS) is 2. The van der Waals surface area contributed by atoms with Crippen molar-refractivity contribution in [2.24, 2.45) is 5.73 Å². The minimum absolute atomic E-state index is 0.186. The fourth-order valence-corrected chi connectivity index (χ4v) is 3.82. The number of primary amides is 1.